The fourth-order valence-electron chi connectivity index (χ4n) is 2.95. The van der Waals surface area contributed by atoms with Crippen molar-refractivity contribution in [2.45, 2.75) is 12.5 Å². The number of anilines is 1. The van der Waals surface area contributed by atoms with Crippen LogP contribution in [0.4, 0.5) is 15.3 Å². The van der Waals surface area contributed by atoms with Crippen LogP contribution in [0.2, 0.25) is 5.02 Å². The van der Waals surface area contributed by atoms with Crippen molar-refractivity contribution in [3.63, 3.8) is 0 Å². The lowest BCUT2D eigenvalue weighted by atomic mass is 9.90. The molecule has 1 aromatic carbocycles. The van der Waals surface area contributed by atoms with Crippen LogP contribution < -0.4 is 5.32 Å². The van der Waals surface area contributed by atoms with Gasteiger partial charge >= 0.3 is 12.1 Å². The highest BCUT2D eigenvalue weighted by atomic mass is 35.5. The van der Waals surface area contributed by atoms with E-state index >= 15 is 0 Å². The Kier molecular flexibility index (Phi) is 4.11. The van der Waals surface area contributed by atoms with E-state index in [1.807, 2.05) is 0 Å². The van der Waals surface area contributed by atoms with Crippen LogP contribution in [-0.4, -0.2) is 54.7 Å². The second kappa shape index (κ2) is 6.04. The Bertz CT molecular complexity index is 578. The van der Waals surface area contributed by atoms with Crippen molar-refractivity contribution in [2.24, 2.45) is 5.92 Å². The summed E-state index contributed by atoms with van der Waals surface area (Å²) < 4.78 is 5.12. The standard InChI is InChI=1S/C15H18ClN3O3/c1-18-13-8-19(7-6-10(13)9-22-15(18)21)14(20)17-12-4-2-11(16)3-5-12/h2-5,10,13H,6-9H2,1H3,(H,17,20)/t10-,13+/m0/s1. The topological polar surface area (TPSA) is 61.9 Å². The van der Waals surface area contributed by atoms with Gasteiger partial charge in [0.15, 0.2) is 0 Å². The zero-order valence-corrected chi connectivity index (χ0v) is 13.0. The summed E-state index contributed by atoms with van der Waals surface area (Å²) in [6.07, 6.45) is 0.511. The summed E-state index contributed by atoms with van der Waals surface area (Å²) in [6.45, 7) is 1.63. The van der Waals surface area contributed by atoms with Crippen LogP contribution in [0.5, 0.6) is 0 Å². The number of benzene rings is 1. The number of nitrogens with zero attached hydrogens (tertiary/aromatic N) is 2. The van der Waals surface area contributed by atoms with Gasteiger partial charge in [-0.3, -0.25) is 0 Å². The predicted octanol–water partition coefficient (Wildman–Crippen LogP) is 2.64. The maximum atomic E-state index is 12.4. The number of likely N-dealkylation sites (N-methyl/N-ethyl adjacent to an activating group) is 1. The number of piperidine rings is 1. The molecule has 0 radical (unpaired) electrons. The Morgan fingerprint density at radius 3 is 2.82 bits per heavy atom. The number of carbonyl (C=O) groups excluding carboxylic acids is 2. The first-order valence-electron chi connectivity index (χ1n) is 7.25. The number of fused-ring (bicyclic) bond motifs is 1. The summed E-state index contributed by atoms with van der Waals surface area (Å²) in [6, 6.07) is 6.84. The van der Waals surface area contributed by atoms with Crippen LogP contribution in [0.3, 0.4) is 0 Å². The largest absolute Gasteiger partial charge is 0.449 e. The van der Waals surface area contributed by atoms with Gasteiger partial charge in [-0.15, -0.1) is 0 Å². The van der Waals surface area contributed by atoms with Crippen LogP contribution in [0.1, 0.15) is 6.42 Å². The molecule has 7 heteroatoms. The number of hydrogen-bond acceptors (Lipinski definition) is 3. The molecule has 3 amide bonds. The van der Waals surface area contributed by atoms with Gasteiger partial charge in [0, 0.05) is 36.8 Å². The third kappa shape index (κ3) is 2.97. The van der Waals surface area contributed by atoms with E-state index in [9.17, 15) is 9.59 Å². The van der Waals surface area contributed by atoms with E-state index < -0.39 is 0 Å². The third-order valence-corrected chi connectivity index (χ3v) is 4.56. The second-order valence-corrected chi connectivity index (χ2v) is 6.12. The van der Waals surface area contributed by atoms with Crippen molar-refractivity contribution in [3.05, 3.63) is 29.3 Å². The SMILES string of the molecule is CN1C(=O)OC[C@@H]2CCN(C(=O)Nc3ccc(Cl)cc3)C[C@H]21. The molecule has 2 heterocycles. The van der Waals surface area contributed by atoms with E-state index in [1.165, 1.54) is 0 Å². The van der Waals surface area contributed by atoms with Crippen molar-refractivity contribution < 1.29 is 14.3 Å². The molecular formula is C15H18ClN3O3. The van der Waals surface area contributed by atoms with Gasteiger partial charge in [-0.1, -0.05) is 11.6 Å². The summed E-state index contributed by atoms with van der Waals surface area (Å²) in [4.78, 5) is 27.3. The molecule has 0 unspecified atom stereocenters. The Hall–Kier alpha value is -1.95. The number of carbonyl (C=O) groups is 2. The molecule has 6 nitrogen and oxygen atoms in total. The number of cyclic esters (lactones) is 1. The van der Waals surface area contributed by atoms with Crippen LogP contribution in [0.15, 0.2) is 24.3 Å². The number of likely N-dealkylation sites (tertiary alicyclic amines) is 1. The molecule has 0 bridgehead atoms. The molecule has 2 aliphatic rings. The molecule has 3 rings (SSSR count). The molecular weight excluding hydrogens is 306 g/mol. The summed E-state index contributed by atoms with van der Waals surface area (Å²) in [5.74, 6) is 0.294. The minimum absolute atomic E-state index is 0.0194. The van der Waals surface area contributed by atoms with Gasteiger partial charge in [0.05, 0.1) is 12.6 Å². The predicted molar refractivity (Wildman–Crippen MR) is 83.0 cm³/mol. The number of ether oxygens (including phenoxy) is 1. The van der Waals surface area contributed by atoms with Gasteiger partial charge in [-0.2, -0.15) is 0 Å². The number of nitrogens with one attached hydrogen (secondary N) is 1. The normalized spacial score (nSPS) is 24.5. The molecule has 2 aliphatic heterocycles. The lowest BCUT2D eigenvalue weighted by Crippen LogP contribution is -2.59. The van der Waals surface area contributed by atoms with E-state index in [0.717, 1.165) is 6.42 Å². The minimum atomic E-state index is -0.318. The van der Waals surface area contributed by atoms with Crippen LogP contribution in [0.25, 0.3) is 0 Å². The number of hydrogen-bond donors (Lipinski definition) is 1. The first-order chi connectivity index (χ1) is 10.5. The van der Waals surface area contributed by atoms with Gasteiger partial charge in [0.25, 0.3) is 0 Å². The van der Waals surface area contributed by atoms with Crippen molar-refractivity contribution in [1.82, 2.24) is 9.80 Å². The molecule has 0 aliphatic carbocycles. The molecule has 2 fully saturated rings. The minimum Gasteiger partial charge on any atom is -0.449 e. The van der Waals surface area contributed by atoms with E-state index in [1.54, 1.807) is 41.1 Å². The molecule has 2 saturated heterocycles. The first kappa shape index (κ1) is 15.0. The molecule has 0 spiro atoms. The van der Waals surface area contributed by atoms with Gasteiger partial charge in [0.2, 0.25) is 0 Å². The van der Waals surface area contributed by atoms with Crippen LogP contribution in [-0.2, 0) is 4.74 Å². The number of halogens is 1. The van der Waals surface area contributed by atoms with Gasteiger partial charge in [-0.05, 0) is 30.7 Å². The average Bonchev–Trinajstić information content (AvgIpc) is 2.53. The second-order valence-electron chi connectivity index (χ2n) is 5.69. The monoisotopic (exact) mass is 323 g/mol. The van der Waals surface area contributed by atoms with Crippen LogP contribution in [0, 0.1) is 5.92 Å². The van der Waals surface area contributed by atoms with Gasteiger partial charge in [-0.25, -0.2) is 9.59 Å². The van der Waals surface area contributed by atoms with Crippen molar-refractivity contribution in [1.29, 1.82) is 0 Å². The molecule has 0 saturated carbocycles. The quantitative estimate of drug-likeness (QED) is 0.864. The lowest BCUT2D eigenvalue weighted by Gasteiger charge is -2.44. The Labute approximate surface area is 134 Å². The highest BCUT2D eigenvalue weighted by Crippen LogP contribution is 2.27. The van der Waals surface area contributed by atoms with Crippen molar-refractivity contribution in [3.8, 4) is 0 Å². The van der Waals surface area contributed by atoms with Gasteiger partial charge < -0.3 is 19.9 Å². The van der Waals surface area contributed by atoms with E-state index in [0.29, 0.717) is 36.3 Å². The molecule has 1 N–H and O–H groups in total. The van der Waals surface area contributed by atoms with E-state index in [-0.39, 0.29) is 18.2 Å². The molecule has 118 valence electrons. The number of amides is 3. The zero-order chi connectivity index (χ0) is 15.7. The molecule has 0 aromatic heterocycles. The van der Waals surface area contributed by atoms with E-state index in [4.69, 9.17) is 16.3 Å². The summed E-state index contributed by atoms with van der Waals surface area (Å²) in [5, 5.41) is 3.48. The summed E-state index contributed by atoms with van der Waals surface area (Å²) in [7, 11) is 1.72. The van der Waals surface area contributed by atoms with Gasteiger partial charge in [0.1, 0.15) is 0 Å². The Morgan fingerprint density at radius 2 is 2.09 bits per heavy atom. The Morgan fingerprint density at radius 1 is 1.36 bits per heavy atom. The Balaban J connectivity index is 1.64. The fraction of sp³-hybridized carbons (Fsp3) is 0.467. The average molecular weight is 324 g/mol. The maximum absolute atomic E-state index is 12.4. The zero-order valence-electron chi connectivity index (χ0n) is 12.3. The van der Waals surface area contributed by atoms with Crippen LogP contribution >= 0.6 is 11.6 Å². The number of urea groups is 1. The number of rotatable bonds is 1. The fourth-order valence-corrected chi connectivity index (χ4v) is 3.08. The molecule has 2 atom stereocenters. The molecule has 22 heavy (non-hydrogen) atoms. The smallest absolute Gasteiger partial charge is 0.409 e. The van der Waals surface area contributed by atoms with Crippen molar-refractivity contribution >= 4 is 29.4 Å². The highest BCUT2D eigenvalue weighted by Gasteiger charge is 2.40. The maximum Gasteiger partial charge on any atom is 0.409 e. The molecule has 1 aromatic rings. The van der Waals surface area contributed by atoms with E-state index in [2.05, 4.69) is 5.32 Å². The third-order valence-electron chi connectivity index (χ3n) is 4.31. The first-order valence-corrected chi connectivity index (χ1v) is 7.63. The highest BCUT2D eigenvalue weighted by molar-refractivity contribution is 6.30. The lowest BCUT2D eigenvalue weighted by molar-refractivity contribution is -0.00967. The van der Waals surface area contributed by atoms with Crippen molar-refractivity contribution in [2.75, 3.05) is 32.1 Å². The summed E-state index contributed by atoms with van der Waals surface area (Å²) >= 11 is 5.83. The summed E-state index contributed by atoms with van der Waals surface area (Å²) in [5.41, 5.74) is 0.702.